The monoisotopic (exact) mass is 257 g/mol. The van der Waals surface area contributed by atoms with Crippen LogP contribution in [0, 0.1) is 0 Å². The average molecular weight is 257 g/mol. The Bertz CT molecular complexity index is 422. The summed E-state index contributed by atoms with van der Waals surface area (Å²) in [5, 5.41) is 8.95. The van der Waals surface area contributed by atoms with E-state index in [1.807, 2.05) is 6.26 Å². The number of thioether (sulfide) groups is 1. The number of benzene rings is 1. The van der Waals surface area contributed by atoms with Crippen LogP contribution in [0.4, 0.5) is 0 Å². The predicted octanol–water partition coefficient (Wildman–Crippen LogP) is 1.51. The molecule has 17 heavy (non-hydrogen) atoms. The third kappa shape index (κ3) is 2.83. The highest BCUT2D eigenvalue weighted by Crippen LogP contribution is 2.37. The molecule has 1 aromatic carbocycles. The van der Waals surface area contributed by atoms with E-state index in [1.54, 1.807) is 12.1 Å². The van der Waals surface area contributed by atoms with Gasteiger partial charge in [-0.25, -0.2) is 0 Å². The van der Waals surface area contributed by atoms with Gasteiger partial charge in [-0.2, -0.15) is 0 Å². The molecule has 1 aromatic rings. The number of hydrogen-bond donors (Lipinski definition) is 2. The molecule has 3 N–H and O–H groups in total. The number of nitrogens with two attached hydrogens (primary N) is 1. The number of carbonyl (C=O) groups is 1. The van der Waals surface area contributed by atoms with Gasteiger partial charge in [-0.15, -0.1) is 11.8 Å². The number of aliphatic carboxylic acids is 1. The van der Waals surface area contributed by atoms with Crippen molar-refractivity contribution in [3.63, 3.8) is 0 Å². The van der Waals surface area contributed by atoms with Gasteiger partial charge < -0.3 is 20.3 Å². The van der Waals surface area contributed by atoms with Crippen molar-refractivity contribution in [3.05, 3.63) is 17.7 Å². The van der Waals surface area contributed by atoms with Gasteiger partial charge in [0.25, 0.3) is 0 Å². The molecule has 0 fully saturated rings. The van der Waals surface area contributed by atoms with Gasteiger partial charge in [0.15, 0.2) is 0 Å². The van der Waals surface area contributed by atoms with Gasteiger partial charge >= 0.3 is 5.97 Å². The lowest BCUT2D eigenvalue weighted by Crippen LogP contribution is -2.21. The molecule has 0 saturated carbocycles. The van der Waals surface area contributed by atoms with E-state index in [-0.39, 0.29) is 0 Å². The Hall–Kier alpha value is -1.40. The fourth-order valence-electron chi connectivity index (χ4n) is 1.45. The van der Waals surface area contributed by atoms with Crippen molar-refractivity contribution in [3.8, 4) is 11.5 Å². The molecule has 1 unspecified atom stereocenters. The number of carboxylic acids is 1. The summed E-state index contributed by atoms with van der Waals surface area (Å²) in [4.78, 5) is 11.7. The lowest BCUT2D eigenvalue weighted by Gasteiger charge is -2.16. The number of methoxy groups -OCH3 is 2. The van der Waals surface area contributed by atoms with E-state index in [0.717, 1.165) is 4.90 Å². The Morgan fingerprint density at radius 2 is 2.06 bits per heavy atom. The largest absolute Gasteiger partial charge is 0.497 e. The summed E-state index contributed by atoms with van der Waals surface area (Å²) in [5.74, 6) is -0.0707. The third-order valence-corrected chi connectivity index (χ3v) is 3.06. The lowest BCUT2D eigenvalue weighted by molar-refractivity contribution is -0.138. The molecule has 0 amide bonds. The Morgan fingerprint density at radius 1 is 1.41 bits per heavy atom. The van der Waals surface area contributed by atoms with Gasteiger partial charge in [0.2, 0.25) is 0 Å². The van der Waals surface area contributed by atoms with E-state index in [1.165, 1.54) is 26.0 Å². The molecule has 0 aliphatic carbocycles. The van der Waals surface area contributed by atoms with Crippen molar-refractivity contribution in [2.75, 3.05) is 20.5 Å². The fourth-order valence-corrected chi connectivity index (χ4v) is 2.07. The molecular formula is C11H15NO4S. The minimum Gasteiger partial charge on any atom is -0.497 e. The molecule has 0 saturated heterocycles. The molecule has 0 radical (unpaired) electrons. The van der Waals surface area contributed by atoms with Crippen LogP contribution >= 0.6 is 11.8 Å². The van der Waals surface area contributed by atoms with Crippen molar-refractivity contribution in [1.82, 2.24) is 0 Å². The first-order valence-electron chi connectivity index (χ1n) is 4.83. The summed E-state index contributed by atoms with van der Waals surface area (Å²) < 4.78 is 10.3. The second kappa shape index (κ2) is 5.79. The van der Waals surface area contributed by atoms with Crippen LogP contribution in [0.3, 0.4) is 0 Å². The number of carboxylic acid groups (broad SMARTS) is 1. The van der Waals surface area contributed by atoms with Crippen LogP contribution in [-0.4, -0.2) is 31.6 Å². The Morgan fingerprint density at radius 3 is 2.47 bits per heavy atom. The van der Waals surface area contributed by atoms with Crippen molar-refractivity contribution < 1.29 is 19.4 Å². The quantitative estimate of drug-likeness (QED) is 0.778. The van der Waals surface area contributed by atoms with Crippen LogP contribution in [0.1, 0.15) is 11.6 Å². The zero-order valence-electron chi connectivity index (χ0n) is 9.89. The molecule has 0 bridgehead atoms. The molecule has 0 aliphatic rings. The maximum absolute atomic E-state index is 10.9. The van der Waals surface area contributed by atoms with E-state index in [9.17, 15) is 4.79 Å². The second-order valence-corrected chi connectivity index (χ2v) is 4.12. The van der Waals surface area contributed by atoms with Crippen LogP contribution in [0.5, 0.6) is 11.5 Å². The molecular weight excluding hydrogens is 242 g/mol. The molecule has 0 aromatic heterocycles. The van der Waals surface area contributed by atoms with Crippen LogP contribution in [0.2, 0.25) is 0 Å². The first-order valence-corrected chi connectivity index (χ1v) is 6.05. The summed E-state index contributed by atoms with van der Waals surface area (Å²) in [5.41, 5.74) is 6.02. The van der Waals surface area contributed by atoms with E-state index in [2.05, 4.69) is 0 Å². The van der Waals surface area contributed by atoms with Gasteiger partial charge in [0.05, 0.1) is 19.1 Å². The zero-order valence-corrected chi connectivity index (χ0v) is 10.7. The van der Waals surface area contributed by atoms with E-state index < -0.39 is 12.0 Å². The highest BCUT2D eigenvalue weighted by Gasteiger charge is 2.22. The SMILES string of the molecule is COc1cc(SC)c(OC)c(C(N)C(=O)O)c1. The second-order valence-electron chi connectivity index (χ2n) is 3.27. The summed E-state index contributed by atoms with van der Waals surface area (Å²) in [7, 11) is 3.00. The smallest absolute Gasteiger partial charge is 0.325 e. The van der Waals surface area contributed by atoms with Crippen molar-refractivity contribution in [2.24, 2.45) is 5.73 Å². The number of rotatable bonds is 5. The normalized spacial score (nSPS) is 12.0. The minimum atomic E-state index is -1.13. The summed E-state index contributed by atoms with van der Waals surface area (Å²) in [6, 6.07) is 2.23. The molecule has 0 spiro atoms. The molecule has 6 heteroatoms. The number of ether oxygens (including phenoxy) is 2. The molecule has 94 valence electrons. The van der Waals surface area contributed by atoms with Gasteiger partial charge in [-0.05, 0) is 18.4 Å². The first-order chi connectivity index (χ1) is 8.04. The first kappa shape index (κ1) is 13.7. The minimum absolute atomic E-state index is 0.406. The highest BCUT2D eigenvalue weighted by molar-refractivity contribution is 7.98. The molecule has 1 atom stereocenters. The highest BCUT2D eigenvalue weighted by atomic mass is 32.2. The standard InChI is InChI=1S/C11H15NO4S/c1-15-6-4-7(9(12)11(13)14)10(16-2)8(5-6)17-3/h4-5,9H,12H2,1-3H3,(H,13,14). The molecule has 0 aliphatic heterocycles. The van der Waals surface area contributed by atoms with E-state index in [4.69, 9.17) is 20.3 Å². The van der Waals surface area contributed by atoms with Crippen LogP contribution < -0.4 is 15.2 Å². The van der Waals surface area contributed by atoms with Crippen LogP contribution in [0.25, 0.3) is 0 Å². The van der Waals surface area contributed by atoms with Crippen LogP contribution in [0.15, 0.2) is 17.0 Å². The summed E-state index contributed by atoms with van der Waals surface area (Å²) >= 11 is 1.44. The van der Waals surface area contributed by atoms with Crippen molar-refractivity contribution in [1.29, 1.82) is 0 Å². The van der Waals surface area contributed by atoms with E-state index in [0.29, 0.717) is 17.1 Å². The predicted molar refractivity (Wildman–Crippen MR) is 65.9 cm³/mol. The third-order valence-electron chi connectivity index (χ3n) is 2.32. The topological polar surface area (TPSA) is 81.8 Å². The van der Waals surface area contributed by atoms with Gasteiger partial charge in [-0.1, -0.05) is 0 Å². The van der Waals surface area contributed by atoms with Gasteiger partial charge in [0.1, 0.15) is 17.5 Å². The lowest BCUT2D eigenvalue weighted by atomic mass is 10.1. The van der Waals surface area contributed by atoms with Gasteiger partial charge in [-0.3, -0.25) is 4.79 Å². The van der Waals surface area contributed by atoms with E-state index >= 15 is 0 Å². The maximum Gasteiger partial charge on any atom is 0.325 e. The van der Waals surface area contributed by atoms with Crippen molar-refractivity contribution in [2.45, 2.75) is 10.9 Å². The van der Waals surface area contributed by atoms with Crippen molar-refractivity contribution >= 4 is 17.7 Å². The average Bonchev–Trinajstić information content (AvgIpc) is 2.35. The molecule has 0 heterocycles. The molecule has 5 nitrogen and oxygen atoms in total. The van der Waals surface area contributed by atoms with Gasteiger partial charge in [0, 0.05) is 5.56 Å². The zero-order chi connectivity index (χ0) is 13.0. The van der Waals surface area contributed by atoms with Crippen LogP contribution in [-0.2, 0) is 4.79 Å². The fraction of sp³-hybridized carbons (Fsp3) is 0.364. The Balaban J connectivity index is 3.38. The Labute approximate surface area is 104 Å². The number of hydrogen-bond acceptors (Lipinski definition) is 5. The summed E-state index contributed by atoms with van der Waals surface area (Å²) in [6.45, 7) is 0. The molecule has 1 rings (SSSR count). The maximum atomic E-state index is 10.9. The Kier molecular flexibility index (Phi) is 4.65. The summed E-state index contributed by atoms with van der Waals surface area (Å²) in [6.07, 6.45) is 1.87.